The van der Waals surface area contributed by atoms with Crippen molar-refractivity contribution in [2.45, 2.75) is 19.4 Å². The van der Waals surface area contributed by atoms with E-state index in [4.69, 9.17) is 9.47 Å². The van der Waals surface area contributed by atoms with Gasteiger partial charge in [0.2, 0.25) is 0 Å². The van der Waals surface area contributed by atoms with Crippen molar-refractivity contribution in [2.75, 3.05) is 25.7 Å². The molecule has 0 aromatic heterocycles. The average molecular weight is 339 g/mol. The molecular formula is C20H21NO4. The van der Waals surface area contributed by atoms with E-state index in [2.05, 4.69) is 4.90 Å². The van der Waals surface area contributed by atoms with Crippen LogP contribution in [0.4, 0.5) is 5.69 Å². The third kappa shape index (κ3) is 3.36. The summed E-state index contributed by atoms with van der Waals surface area (Å²) in [6.45, 7) is 1.48. The van der Waals surface area contributed by atoms with Crippen molar-refractivity contribution in [1.82, 2.24) is 0 Å². The van der Waals surface area contributed by atoms with Gasteiger partial charge in [-0.15, -0.1) is 0 Å². The fourth-order valence-electron chi connectivity index (χ4n) is 3.40. The van der Waals surface area contributed by atoms with Crippen molar-refractivity contribution < 1.29 is 19.1 Å². The van der Waals surface area contributed by atoms with Crippen molar-refractivity contribution in [3.05, 3.63) is 52.6 Å². The lowest BCUT2D eigenvalue weighted by atomic mass is 9.95. The summed E-state index contributed by atoms with van der Waals surface area (Å²) in [5.74, 6) is 1.49. The van der Waals surface area contributed by atoms with E-state index in [1.54, 1.807) is 20.3 Å². The largest absolute Gasteiger partial charge is 0.497 e. The lowest BCUT2D eigenvalue weighted by molar-refractivity contribution is 0.112. The highest BCUT2D eigenvalue weighted by Crippen LogP contribution is 2.34. The second-order valence-electron chi connectivity index (χ2n) is 6.06. The van der Waals surface area contributed by atoms with Gasteiger partial charge < -0.3 is 14.4 Å². The first-order valence-electron chi connectivity index (χ1n) is 8.23. The van der Waals surface area contributed by atoms with E-state index in [0.717, 1.165) is 60.3 Å². The number of aldehydes is 2. The number of carbonyl (C=O) groups excluding carboxylic acids is 2. The normalized spacial score (nSPS) is 13.1. The van der Waals surface area contributed by atoms with Crippen molar-refractivity contribution in [3.63, 3.8) is 0 Å². The highest BCUT2D eigenvalue weighted by atomic mass is 16.5. The summed E-state index contributed by atoms with van der Waals surface area (Å²) in [6.07, 6.45) is 3.47. The highest BCUT2D eigenvalue weighted by Gasteiger charge is 2.22. The molecule has 0 amide bonds. The summed E-state index contributed by atoms with van der Waals surface area (Å²) in [4.78, 5) is 24.9. The Hall–Kier alpha value is -2.82. The lowest BCUT2D eigenvalue weighted by Crippen LogP contribution is -2.30. The SMILES string of the molecule is COc1ccc(CN2CCCc3cc(C=O)cc(C=O)c32)c(OC)c1. The minimum absolute atomic E-state index is 0.546. The predicted molar refractivity (Wildman–Crippen MR) is 96.1 cm³/mol. The molecule has 0 atom stereocenters. The summed E-state index contributed by atoms with van der Waals surface area (Å²) < 4.78 is 10.7. The van der Waals surface area contributed by atoms with E-state index < -0.39 is 0 Å². The Morgan fingerprint density at radius 2 is 1.92 bits per heavy atom. The van der Waals surface area contributed by atoms with Gasteiger partial charge >= 0.3 is 0 Å². The first-order chi connectivity index (χ1) is 12.2. The number of anilines is 1. The number of carbonyl (C=O) groups is 2. The molecule has 0 N–H and O–H groups in total. The van der Waals surface area contributed by atoms with Gasteiger partial charge in [0.05, 0.1) is 19.9 Å². The van der Waals surface area contributed by atoms with Crippen LogP contribution in [0.5, 0.6) is 11.5 Å². The molecule has 0 fully saturated rings. The zero-order valence-electron chi connectivity index (χ0n) is 14.5. The van der Waals surface area contributed by atoms with Gasteiger partial charge in [-0.25, -0.2) is 0 Å². The number of fused-ring (bicyclic) bond motifs is 1. The minimum Gasteiger partial charge on any atom is -0.497 e. The van der Waals surface area contributed by atoms with Crippen LogP contribution < -0.4 is 14.4 Å². The third-order valence-electron chi connectivity index (χ3n) is 4.55. The number of rotatable bonds is 6. The number of hydrogen-bond donors (Lipinski definition) is 0. The Kier molecular flexibility index (Phi) is 5.03. The average Bonchev–Trinajstić information content (AvgIpc) is 2.67. The Labute approximate surface area is 147 Å². The maximum absolute atomic E-state index is 11.6. The molecule has 2 aromatic carbocycles. The van der Waals surface area contributed by atoms with Crippen molar-refractivity contribution in [1.29, 1.82) is 0 Å². The summed E-state index contributed by atoms with van der Waals surface area (Å²) >= 11 is 0. The quantitative estimate of drug-likeness (QED) is 0.756. The summed E-state index contributed by atoms with van der Waals surface area (Å²) in [5, 5.41) is 0. The Morgan fingerprint density at radius 1 is 1.08 bits per heavy atom. The van der Waals surface area contributed by atoms with Crippen LogP contribution in [0, 0.1) is 0 Å². The maximum atomic E-state index is 11.6. The first kappa shape index (κ1) is 17.0. The van der Waals surface area contributed by atoms with E-state index in [1.807, 2.05) is 24.3 Å². The van der Waals surface area contributed by atoms with Crippen LogP contribution >= 0.6 is 0 Å². The van der Waals surface area contributed by atoms with E-state index in [0.29, 0.717) is 17.7 Å². The summed E-state index contributed by atoms with van der Waals surface area (Å²) in [7, 11) is 3.26. The van der Waals surface area contributed by atoms with Gasteiger partial charge in [0.1, 0.15) is 17.8 Å². The molecule has 5 heteroatoms. The van der Waals surface area contributed by atoms with Gasteiger partial charge in [0.15, 0.2) is 6.29 Å². The molecule has 0 spiro atoms. The molecule has 130 valence electrons. The Balaban J connectivity index is 1.99. The van der Waals surface area contributed by atoms with Gasteiger partial charge in [0.25, 0.3) is 0 Å². The van der Waals surface area contributed by atoms with Crippen molar-refractivity contribution >= 4 is 18.3 Å². The van der Waals surface area contributed by atoms with Crippen molar-refractivity contribution in [2.24, 2.45) is 0 Å². The molecule has 1 aliphatic heterocycles. The molecule has 25 heavy (non-hydrogen) atoms. The topological polar surface area (TPSA) is 55.8 Å². The summed E-state index contributed by atoms with van der Waals surface area (Å²) in [5.41, 5.74) is 4.10. The monoisotopic (exact) mass is 339 g/mol. The molecule has 1 heterocycles. The molecule has 0 saturated heterocycles. The zero-order valence-corrected chi connectivity index (χ0v) is 14.5. The van der Waals surface area contributed by atoms with Crippen LogP contribution in [0.3, 0.4) is 0 Å². The van der Waals surface area contributed by atoms with E-state index >= 15 is 0 Å². The van der Waals surface area contributed by atoms with Crippen molar-refractivity contribution in [3.8, 4) is 11.5 Å². The molecule has 0 saturated carbocycles. The Bertz CT molecular complexity index is 801. The number of methoxy groups -OCH3 is 2. The van der Waals surface area contributed by atoms with Gasteiger partial charge in [-0.05, 0) is 42.7 Å². The fraction of sp³-hybridized carbons (Fsp3) is 0.300. The number of nitrogens with zero attached hydrogens (tertiary/aromatic N) is 1. The predicted octanol–water partition coefficient (Wildman–Crippen LogP) is 3.28. The minimum atomic E-state index is 0.546. The molecule has 5 nitrogen and oxygen atoms in total. The number of ether oxygens (including phenoxy) is 2. The second-order valence-corrected chi connectivity index (χ2v) is 6.06. The molecular weight excluding hydrogens is 318 g/mol. The van der Waals surface area contributed by atoms with Crippen LogP contribution in [0.1, 0.15) is 38.3 Å². The maximum Gasteiger partial charge on any atom is 0.152 e. The summed E-state index contributed by atoms with van der Waals surface area (Å²) in [6, 6.07) is 9.27. The molecule has 0 aliphatic carbocycles. The molecule has 3 rings (SSSR count). The molecule has 0 radical (unpaired) electrons. The van der Waals surface area contributed by atoms with E-state index in [1.165, 1.54) is 0 Å². The second kappa shape index (κ2) is 7.38. The molecule has 0 unspecified atom stereocenters. The van der Waals surface area contributed by atoms with Crippen LogP contribution in [0.25, 0.3) is 0 Å². The fourth-order valence-corrected chi connectivity index (χ4v) is 3.40. The molecule has 0 bridgehead atoms. The van der Waals surface area contributed by atoms with Gasteiger partial charge in [-0.1, -0.05) is 0 Å². The van der Waals surface area contributed by atoms with Gasteiger partial charge in [-0.2, -0.15) is 0 Å². The molecule has 1 aliphatic rings. The number of aryl methyl sites for hydroxylation is 1. The van der Waals surface area contributed by atoms with Crippen LogP contribution in [0.2, 0.25) is 0 Å². The zero-order chi connectivity index (χ0) is 17.8. The number of hydrogen-bond acceptors (Lipinski definition) is 5. The van der Waals surface area contributed by atoms with Crippen LogP contribution in [-0.2, 0) is 13.0 Å². The van der Waals surface area contributed by atoms with Crippen LogP contribution in [0.15, 0.2) is 30.3 Å². The smallest absolute Gasteiger partial charge is 0.152 e. The standard InChI is InChI=1S/C20H21NO4/c1-24-18-6-5-16(19(10-18)25-2)11-21-7-3-4-15-8-14(12-22)9-17(13-23)20(15)21/h5-6,8-10,12-13H,3-4,7,11H2,1-2H3. The Morgan fingerprint density at radius 3 is 2.60 bits per heavy atom. The van der Waals surface area contributed by atoms with Gasteiger partial charge in [0, 0.05) is 35.8 Å². The van der Waals surface area contributed by atoms with Gasteiger partial charge in [-0.3, -0.25) is 9.59 Å². The number of benzene rings is 2. The third-order valence-corrected chi connectivity index (χ3v) is 4.55. The first-order valence-corrected chi connectivity index (χ1v) is 8.23. The molecule has 2 aromatic rings. The highest BCUT2D eigenvalue weighted by molar-refractivity contribution is 5.90. The van der Waals surface area contributed by atoms with E-state index in [9.17, 15) is 9.59 Å². The lowest BCUT2D eigenvalue weighted by Gasteiger charge is -2.33. The van der Waals surface area contributed by atoms with Crippen LogP contribution in [-0.4, -0.2) is 33.3 Å². The van der Waals surface area contributed by atoms with E-state index in [-0.39, 0.29) is 0 Å².